The molecule has 0 aliphatic carbocycles. The lowest BCUT2D eigenvalue weighted by molar-refractivity contribution is 0.306. The number of hydrogen-bond donors (Lipinski definition) is 1. The predicted molar refractivity (Wildman–Crippen MR) is 99.6 cm³/mol. The highest BCUT2D eigenvalue weighted by Gasteiger charge is 2.23. The summed E-state index contributed by atoms with van der Waals surface area (Å²) in [4.78, 5) is 0.265. The van der Waals surface area contributed by atoms with Crippen molar-refractivity contribution in [1.82, 2.24) is 9.29 Å². The molecule has 0 spiro atoms. The zero-order valence-corrected chi connectivity index (χ0v) is 15.1. The monoisotopic (exact) mass is 368 g/mol. The maximum absolute atomic E-state index is 13.0. The Morgan fingerprint density at radius 2 is 1.77 bits per heavy atom. The molecule has 4 rings (SSSR count). The highest BCUT2D eigenvalue weighted by atomic mass is 32.2. The molecule has 1 N–H and O–H groups in total. The van der Waals surface area contributed by atoms with E-state index in [1.54, 1.807) is 30.5 Å². The van der Waals surface area contributed by atoms with Crippen LogP contribution in [0.2, 0.25) is 0 Å². The number of aromatic nitrogens is 1. The topological polar surface area (TPSA) is 60.3 Å². The zero-order chi connectivity index (χ0) is 18.0. The number of rotatable bonds is 5. The van der Waals surface area contributed by atoms with Crippen LogP contribution in [0.15, 0.2) is 71.8 Å². The van der Waals surface area contributed by atoms with Gasteiger partial charge in [-0.1, -0.05) is 30.3 Å². The van der Waals surface area contributed by atoms with Gasteiger partial charge < -0.3 is 10.1 Å². The highest BCUT2D eigenvalue weighted by molar-refractivity contribution is 7.90. The summed E-state index contributed by atoms with van der Waals surface area (Å²) in [7, 11) is -3.59. The molecule has 1 aromatic heterocycles. The van der Waals surface area contributed by atoms with Crippen LogP contribution in [0.5, 0.6) is 5.75 Å². The first kappa shape index (κ1) is 16.9. The largest absolute Gasteiger partial charge is 0.489 e. The van der Waals surface area contributed by atoms with Crippen molar-refractivity contribution in [3.05, 3.63) is 83.7 Å². The second kappa shape index (κ2) is 6.97. The Kier molecular flexibility index (Phi) is 4.53. The lowest BCUT2D eigenvalue weighted by Crippen LogP contribution is -2.26. The highest BCUT2D eigenvalue weighted by Crippen LogP contribution is 2.24. The third kappa shape index (κ3) is 3.25. The van der Waals surface area contributed by atoms with Crippen molar-refractivity contribution in [2.24, 2.45) is 0 Å². The summed E-state index contributed by atoms with van der Waals surface area (Å²) in [5.41, 5.74) is 2.98. The van der Waals surface area contributed by atoms with Crippen molar-refractivity contribution in [3.63, 3.8) is 0 Å². The van der Waals surface area contributed by atoms with Gasteiger partial charge >= 0.3 is 0 Å². The molecule has 0 atom stereocenters. The lowest BCUT2D eigenvalue weighted by Gasteiger charge is -2.17. The molecule has 2 aromatic carbocycles. The fourth-order valence-corrected chi connectivity index (χ4v) is 4.56. The summed E-state index contributed by atoms with van der Waals surface area (Å²) in [6, 6.07) is 18.3. The van der Waals surface area contributed by atoms with E-state index >= 15 is 0 Å². The molecule has 26 heavy (non-hydrogen) atoms. The summed E-state index contributed by atoms with van der Waals surface area (Å²) in [6.45, 7) is 1.95. The van der Waals surface area contributed by atoms with Crippen molar-refractivity contribution in [2.45, 2.75) is 24.5 Å². The van der Waals surface area contributed by atoms with Gasteiger partial charge in [0.25, 0.3) is 10.0 Å². The van der Waals surface area contributed by atoms with Gasteiger partial charge in [-0.3, -0.25) is 0 Å². The van der Waals surface area contributed by atoms with Crippen LogP contribution < -0.4 is 10.1 Å². The Morgan fingerprint density at radius 3 is 2.54 bits per heavy atom. The molecule has 0 amide bonds. The van der Waals surface area contributed by atoms with Crippen LogP contribution in [0.4, 0.5) is 0 Å². The molecule has 0 unspecified atom stereocenters. The molecular weight excluding hydrogens is 348 g/mol. The molecule has 0 radical (unpaired) electrons. The van der Waals surface area contributed by atoms with Crippen molar-refractivity contribution in [2.75, 3.05) is 6.54 Å². The average Bonchev–Trinajstić information content (AvgIpc) is 3.12. The minimum atomic E-state index is -3.59. The van der Waals surface area contributed by atoms with E-state index in [0.29, 0.717) is 25.3 Å². The Hall–Kier alpha value is -2.57. The van der Waals surface area contributed by atoms with Gasteiger partial charge in [0.1, 0.15) is 12.4 Å². The first-order chi connectivity index (χ1) is 12.6. The normalized spacial score (nSPS) is 14.0. The number of fused-ring (bicyclic) bond motifs is 1. The summed E-state index contributed by atoms with van der Waals surface area (Å²) in [5, 5.41) is 3.26. The van der Waals surface area contributed by atoms with E-state index in [2.05, 4.69) is 5.32 Å². The molecule has 5 nitrogen and oxygen atoms in total. The Labute approximate surface area is 153 Å². The van der Waals surface area contributed by atoms with Gasteiger partial charge in [-0.2, -0.15) is 0 Å². The SMILES string of the molecule is O=S(=O)(c1ccc(OCc2ccccc2)cc1)n1ccc2c1CCNC2. The quantitative estimate of drug-likeness (QED) is 0.752. The van der Waals surface area contributed by atoms with Crippen LogP contribution in [-0.2, 0) is 29.6 Å². The van der Waals surface area contributed by atoms with Crippen molar-refractivity contribution >= 4 is 10.0 Å². The minimum Gasteiger partial charge on any atom is -0.489 e. The summed E-state index contributed by atoms with van der Waals surface area (Å²) in [5.74, 6) is 0.645. The van der Waals surface area contributed by atoms with E-state index in [-0.39, 0.29) is 4.90 Å². The average molecular weight is 368 g/mol. The second-order valence-electron chi connectivity index (χ2n) is 6.26. The molecule has 134 valence electrons. The molecule has 1 aliphatic rings. The van der Waals surface area contributed by atoms with E-state index < -0.39 is 10.0 Å². The van der Waals surface area contributed by atoms with Gasteiger partial charge in [0, 0.05) is 31.4 Å². The minimum absolute atomic E-state index is 0.265. The van der Waals surface area contributed by atoms with Crippen LogP contribution in [-0.4, -0.2) is 18.9 Å². The van der Waals surface area contributed by atoms with Gasteiger partial charge in [0.2, 0.25) is 0 Å². The number of hydrogen-bond acceptors (Lipinski definition) is 4. The maximum atomic E-state index is 13.0. The molecule has 2 heterocycles. The van der Waals surface area contributed by atoms with Gasteiger partial charge in [-0.15, -0.1) is 0 Å². The molecule has 0 fully saturated rings. The Morgan fingerprint density at radius 1 is 1.00 bits per heavy atom. The first-order valence-electron chi connectivity index (χ1n) is 8.57. The molecule has 1 aliphatic heterocycles. The fourth-order valence-electron chi connectivity index (χ4n) is 3.13. The van der Waals surface area contributed by atoms with Crippen molar-refractivity contribution in [3.8, 4) is 5.75 Å². The van der Waals surface area contributed by atoms with Crippen molar-refractivity contribution < 1.29 is 13.2 Å². The summed E-state index contributed by atoms with van der Waals surface area (Å²) >= 11 is 0. The number of ether oxygens (including phenoxy) is 1. The molecule has 3 aromatic rings. The lowest BCUT2D eigenvalue weighted by atomic mass is 10.1. The third-order valence-electron chi connectivity index (χ3n) is 4.53. The molecule has 0 bridgehead atoms. The van der Waals surface area contributed by atoms with Gasteiger partial charge in [0.15, 0.2) is 0 Å². The van der Waals surface area contributed by atoms with Crippen molar-refractivity contribution in [1.29, 1.82) is 0 Å². The van der Waals surface area contributed by atoms with Crippen LogP contribution in [0.3, 0.4) is 0 Å². The third-order valence-corrected chi connectivity index (χ3v) is 6.26. The van der Waals surface area contributed by atoms with E-state index in [4.69, 9.17) is 4.74 Å². The van der Waals surface area contributed by atoms with E-state index in [1.165, 1.54) is 3.97 Å². The molecule has 0 saturated carbocycles. The second-order valence-corrected chi connectivity index (χ2v) is 8.08. The van der Waals surface area contributed by atoms with Crippen LogP contribution in [0.1, 0.15) is 16.8 Å². The molecule has 6 heteroatoms. The Bertz CT molecular complexity index is 993. The zero-order valence-electron chi connectivity index (χ0n) is 14.3. The summed E-state index contributed by atoms with van der Waals surface area (Å²) < 4.78 is 33.1. The van der Waals surface area contributed by atoms with Crippen LogP contribution in [0, 0.1) is 0 Å². The standard InChI is InChI=1S/C20H20N2O3S/c23-26(24,22-13-11-17-14-21-12-10-20(17)22)19-8-6-18(7-9-19)25-15-16-4-2-1-3-5-16/h1-9,11,13,21H,10,12,14-15H2. The van der Waals surface area contributed by atoms with Crippen LogP contribution in [0.25, 0.3) is 0 Å². The van der Waals surface area contributed by atoms with Gasteiger partial charge in [-0.05, 0) is 41.5 Å². The van der Waals surface area contributed by atoms with Gasteiger partial charge in [0.05, 0.1) is 4.90 Å². The number of nitrogens with one attached hydrogen (secondary N) is 1. The van der Waals surface area contributed by atoms with E-state index in [1.807, 2.05) is 36.4 Å². The smallest absolute Gasteiger partial charge is 0.267 e. The Balaban J connectivity index is 1.53. The number of benzene rings is 2. The number of nitrogens with zero attached hydrogens (tertiary/aromatic N) is 1. The van der Waals surface area contributed by atoms with E-state index in [9.17, 15) is 8.42 Å². The fraction of sp³-hybridized carbons (Fsp3) is 0.200. The van der Waals surface area contributed by atoms with E-state index in [0.717, 1.165) is 23.4 Å². The first-order valence-corrected chi connectivity index (χ1v) is 10.0. The van der Waals surface area contributed by atoms with Gasteiger partial charge in [-0.25, -0.2) is 12.4 Å². The molecule has 0 saturated heterocycles. The van der Waals surface area contributed by atoms with Crippen LogP contribution >= 0.6 is 0 Å². The summed E-state index contributed by atoms with van der Waals surface area (Å²) in [6.07, 6.45) is 2.35. The predicted octanol–water partition coefficient (Wildman–Crippen LogP) is 2.95. The molecular formula is C20H20N2O3S. The maximum Gasteiger partial charge on any atom is 0.267 e.